The van der Waals surface area contributed by atoms with Crippen molar-refractivity contribution in [2.24, 2.45) is 0 Å². The highest BCUT2D eigenvalue weighted by Gasteiger charge is 2.34. The number of benzene rings is 2. The second kappa shape index (κ2) is 10.6. The van der Waals surface area contributed by atoms with Crippen LogP contribution in [0.25, 0.3) is 0 Å². The van der Waals surface area contributed by atoms with E-state index >= 15 is 0 Å². The summed E-state index contributed by atoms with van der Waals surface area (Å²) in [6.45, 7) is 1.67. The molecule has 11 heteroatoms. The highest BCUT2D eigenvalue weighted by molar-refractivity contribution is 7.89. The number of aliphatic hydroxyl groups excluding tert-OH is 1. The fraction of sp³-hybridized carbons (Fsp3) is 0.429. The van der Waals surface area contributed by atoms with Gasteiger partial charge in [0.05, 0.1) is 34.8 Å². The molecular formula is C21H27ClN2O6S2. The second-order valence-corrected chi connectivity index (χ2v) is 11.6. The Balaban J connectivity index is 1.55. The van der Waals surface area contributed by atoms with Crippen molar-refractivity contribution in [3.8, 4) is 0 Å². The summed E-state index contributed by atoms with van der Waals surface area (Å²) in [5.74, 6) is 0. The smallest absolute Gasteiger partial charge is 0.242 e. The first kappa shape index (κ1) is 25.1. The maximum absolute atomic E-state index is 12.7. The van der Waals surface area contributed by atoms with Crippen molar-refractivity contribution in [3.63, 3.8) is 0 Å². The number of nitrogens with one attached hydrogen (secondary N) is 2. The Kier molecular flexibility index (Phi) is 8.31. The quantitative estimate of drug-likeness (QED) is 0.483. The van der Waals surface area contributed by atoms with Crippen LogP contribution >= 0.6 is 11.6 Å². The number of rotatable bonds is 9. The summed E-state index contributed by atoms with van der Waals surface area (Å²) >= 11 is 6.01. The zero-order valence-corrected chi connectivity index (χ0v) is 20.0. The predicted octanol–water partition coefficient (Wildman–Crippen LogP) is 2.20. The van der Waals surface area contributed by atoms with Crippen LogP contribution in [0.5, 0.6) is 0 Å². The SMILES string of the molecule is Cc1ccc(S(=O)(=O)NCC[C@H]2CC[C@H](NS(=O)(=O)c3ccccc3Cl)[C@@H](CO)O2)cc1. The van der Waals surface area contributed by atoms with E-state index in [-0.39, 0.29) is 34.1 Å². The van der Waals surface area contributed by atoms with Crippen LogP contribution in [0.2, 0.25) is 5.02 Å². The minimum Gasteiger partial charge on any atom is -0.394 e. The van der Waals surface area contributed by atoms with Crippen molar-refractivity contribution in [3.05, 3.63) is 59.1 Å². The molecular weight excluding hydrogens is 476 g/mol. The van der Waals surface area contributed by atoms with E-state index in [1.807, 2.05) is 6.92 Å². The third kappa shape index (κ3) is 6.28. The summed E-state index contributed by atoms with van der Waals surface area (Å²) < 4.78 is 61.2. The fourth-order valence-corrected chi connectivity index (χ4v) is 6.43. The molecule has 3 N–H and O–H groups in total. The van der Waals surface area contributed by atoms with Crippen LogP contribution in [-0.4, -0.2) is 53.3 Å². The average Bonchev–Trinajstić information content (AvgIpc) is 2.75. The fourth-order valence-electron chi connectivity index (χ4n) is 3.56. The first-order valence-electron chi connectivity index (χ1n) is 10.2. The van der Waals surface area contributed by atoms with Crippen LogP contribution in [0.15, 0.2) is 58.3 Å². The zero-order chi connectivity index (χ0) is 23.4. The molecule has 0 radical (unpaired) electrons. The van der Waals surface area contributed by atoms with Gasteiger partial charge < -0.3 is 9.84 Å². The summed E-state index contributed by atoms with van der Waals surface area (Å²) in [4.78, 5) is 0.154. The lowest BCUT2D eigenvalue weighted by atomic mass is 9.98. The zero-order valence-electron chi connectivity index (χ0n) is 17.6. The molecule has 32 heavy (non-hydrogen) atoms. The summed E-state index contributed by atoms with van der Waals surface area (Å²) in [5, 5.41) is 9.84. The third-order valence-electron chi connectivity index (χ3n) is 5.32. The van der Waals surface area contributed by atoms with E-state index in [1.54, 1.807) is 36.4 Å². The minimum atomic E-state index is -3.89. The molecule has 176 valence electrons. The summed E-state index contributed by atoms with van der Waals surface area (Å²) in [6, 6.07) is 12.0. The first-order valence-corrected chi connectivity index (χ1v) is 13.6. The molecule has 3 rings (SSSR count). The number of ether oxygens (including phenoxy) is 1. The van der Waals surface area contributed by atoms with Gasteiger partial charge in [0.25, 0.3) is 0 Å². The van der Waals surface area contributed by atoms with E-state index < -0.39 is 32.2 Å². The standard InChI is InChI=1S/C21H27ClN2O6S2/c1-15-6-9-17(10-7-15)31(26,27)23-13-12-16-8-11-19(20(14-25)30-16)24-32(28,29)21-5-3-2-4-18(21)22/h2-7,9-10,16,19-20,23-25H,8,11-14H2,1H3/t16-,19+,20-/m1/s1. The van der Waals surface area contributed by atoms with Crippen LogP contribution in [0.1, 0.15) is 24.8 Å². The maximum Gasteiger partial charge on any atom is 0.242 e. The molecule has 1 heterocycles. The number of hydrogen-bond acceptors (Lipinski definition) is 6. The first-order chi connectivity index (χ1) is 15.1. The van der Waals surface area contributed by atoms with Crippen LogP contribution in [-0.2, 0) is 24.8 Å². The van der Waals surface area contributed by atoms with Gasteiger partial charge in [-0.1, -0.05) is 41.4 Å². The molecule has 0 spiro atoms. The van der Waals surface area contributed by atoms with Gasteiger partial charge in [-0.2, -0.15) is 0 Å². The largest absolute Gasteiger partial charge is 0.394 e. The highest BCUT2D eigenvalue weighted by atomic mass is 35.5. The van der Waals surface area contributed by atoms with E-state index in [0.717, 1.165) is 5.56 Å². The molecule has 1 saturated heterocycles. The molecule has 0 bridgehead atoms. The molecule has 0 aliphatic carbocycles. The summed E-state index contributed by atoms with van der Waals surface area (Å²) in [5.41, 5.74) is 0.967. The van der Waals surface area contributed by atoms with Gasteiger partial charge in [0.15, 0.2) is 0 Å². The van der Waals surface area contributed by atoms with E-state index in [4.69, 9.17) is 16.3 Å². The Bertz CT molecular complexity index is 1120. The van der Waals surface area contributed by atoms with Gasteiger partial charge in [-0.3, -0.25) is 0 Å². The van der Waals surface area contributed by atoms with Crippen molar-refractivity contribution < 1.29 is 26.7 Å². The van der Waals surface area contributed by atoms with E-state index in [2.05, 4.69) is 9.44 Å². The van der Waals surface area contributed by atoms with Crippen LogP contribution < -0.4 is 9.44 Å². The molecule has 0 amide bonds. The summed E-state index contributed by atoms with van der Waals surface area (Å²) in [6.07, 6.45) is 0.280. The highest BCUT2D eigenvalue weighted by Crippen LogP contribution is 2.25. The molecule has 8 nitrogen and oxygen atoms in total. The molecule has 1 fully saturated rings. The molecule has 0 saturated carbocycles. The lowest BCUT2D eigenvalue weighted by Crippen LogP contribution is -2.51. The average molecular weight is 503 g/mol. The topological polar surface area (TPSA) is 122 Å². The molecule has 0 unspecified atom stereocenters. The lowest BCUT2D eigenvalue weighted by molar-refractivity contribution is -0.0869. The van der Waals surface area contributed by atoms with Gasteiger partial charge in [-0.25, -0.2) is 26.3 Å². The lowest BCUT2D eigenvalue weighted by Gasteiger charge is -2.36. The van der Waals surface area contributed by atoms with E-state index in [0.29, 0.717) is 19.3 Å². The van der Waals surface area contributed by atoms with Gasteiger partial charge in [0.2, 0.25) is 20.0 Å². The maximum atomic E-state index is 12.7. The van der Waals surface area contributed by atoms with Crippen molar-refractivity contribution in [2.75, 3.05) is 13.2 Å². The second-order valence-electron chi connectivity index (χ2n) is 7.71. The molecule has 1 aliphatic rings. The number of aryl methyl sites for hydroxylation is 1. The Labute approximate surface area is 194 Å². The van der Waals surface area contributed by atoms with Gasteiger partial charge in [0, 0.05) is 6.54 Å². The number of aliphatic hydroxyl groups is 1. The van der Waals surface area contributed by atoms with Crippen molar-refractivity contribution in [1.82, 2.24) is 9.44 Å². The van der Waals surface area contributed by atoms with Crippen LogP contribution in [0.4, 0.5) is 0 Å². The molecule has 0 aromatic heterocycles. The van der Waals surface area contributed by atoms with Gasteiger partial charge in [0.1, 0.15) is 4.90 Å². The van der Waals surface area contributed by atoms with Gasteiger partial charge in [-0.05, 0) is 50.5 Å². The minimum absolute atomic E-state index is 0.0361. The van der Waals surface area contributed by atoms with Crippen molar-refractivity contribution in [2.45, 2.75) is 54.2 Å². The monoisotopic (exact) mass is 502 g/mol. The number of hydrogen-bond donors (Lipinski definition) is 3. The predicted molar refractivity (Wildman–Crippen MR) is 122 cm³/mol. The van der Waals surface area contributed by atoms with E-state index in [1.165, 1.54) is 12.1 Å². The third-order valence-corrected chi connectivity index (χ3v) is 8.78. The number of sulfonamides is 2. The Hall–Kier alpha value is -1.53. The number of halogens is 1. The van der Waals surface area contributed by atoms with Crippen molar-refractivity contribution >= 4 is 31.6 Å². The molecule has 2 aromatic rings. The van der Waals surface area contributed by atoms with Gasteiger partial charge in [-0.15, -0.1) is 0 Å². The van der Waals surface area contributed by atoms with Crippen LogP contribution in [0, 0.1) is 6.92 Å². The Morgan fingerprint density at radius 2 is 1.72 bits per heavy atom. The molecule has 3 atom stereocenters. The Morgan fingerprint density at radius 1 is 1.03 bits per heavy atom. The Morgan fingerprint density at radius 3 is 2.38 bits per heavy atom. The molecule has 1 aliphatic heterocycles. The van der Waals surface area contributed by atoms with Crippen LogP contribution in [0.3, 0.4) is 0 Å². The van der Waals surface area contributed by atoms with Crippen molar-refractivity contribution in [1.29, 1.82) is 0 Å². The molecule has 2 aromatic carbocycles. The van der Waals surface area contributed by atoms with Gasteiger partial charge >= 0.3 is 0 Å². The summed E-state index contributed by atoms with van der Waals surface area (Å²) in [7, 11) is -7.51. The normalized spacial score (nSPS) is 22.0. The van der Waals surface area contributed by atoms with E-state index in [9.17, 15) is 21.9 Å².